The SMILES string of the molecule is CCNC(c1cc(C)ccc1C)C1C(C)OC(C)C1C. The van der Waals surface area contributed by atoms with Crippen LogP contribution in [0.4, 0.5) is 0 Å². The van der Waals surface area contributed by atoms with Gasteiger partial charge in [0.2, 0.25) is 0 Å². The maximum absolute atomic E-state index is 6.06. The van der Waals surface area contributed by atoms with Crippen LogP contribution < -0.4 is 5.32 Å². The van der Waals surface area contributed by atoms with E-state index in [-0.39, 0.29) is 0 Å². The predicted molar refractivity (Wildman–Crippen MR) is 85.0 cm³/mol. The molecule has 20 heavy (non-hydrogen) atoms. The normalized spacial score (nSPS) is 31.5. The first-order chi connectivity index (χ1) is 9.45. The molecule has 1 saturated heterocycles. The van der Waals surface area contributed by atoms with Crippen molar-refractivity contribution in [1.29, 1.82) is 0 Å². The van der Waals surface area contributed by atoms with Gasteiger partial charge in [-0.1, -0.05) is 37.6 Å². The Labute approximate surface area is 123 Å². The van der Waals surface area contributed by atoms with Crippen LogP contribution in [0.2, 0.25) is 0 Å². The standard InChI is InChI=1S/C18H29NO/c1-7-19-18(16-10-11(2)8-9-12(16)3)17-13(4)14(5)20-15(17)6/h8-10,13-15,17-19H,7H2,1-6H3. The molecule has 1 aliphatic heterocycles. The molecule has 2 nitrogen and oxygen atoms in total. The first-order valence-electron chi connectivity index (χ1n) is 7.91. The first kappa shape index (κ1) is 15.5. The molecule has 1 aromatic carbocycles. The van der Waals surface area contributed by atoms with Gasteiger partial charge in [-0.05, 0) is 51.3 Å². The summed E-state index contributed by atoms with van der Waals surface area (Å²) in [5, 5.41) is 3.71. The summed E-state index contributed by atoms with van der Waals surface area (Å²) < 4.78 is 6.06. The Morgan fingerprint density at radius 1 is 1.15 bits per heavy atom. The summed E-state index contributed by atoms with van der Waals surface area (Å²) in [7, 11) is 0. The highest BCUT2D eigenvalue weighted by Crippen LogP contribution is 2.41. The molecular weight excluding hydrogens is 246 g/mol. The molecule has 0 aromatic heterocycles. The molecule has 2 heteroatoms. The number of aryl methyl sites for hydroxylation is 2. The molecule has 1 aliphatic rings. The van der Waals surface area contributed by atoms with Crippen molar-refractivity contribution in [2.75, 3.05) is 6.54 Å². The zero-order valence-corrected chi connectivity index (χ0v) is 13.7. The average molecular weight is 275 g/mol. The number of hydrogen-bond acceptors (Lipinski definition) is 2. The van der Waals surface area contributed by atoms with Crippen molar-refractivity contribution in [1.82, 2.24) is 5.32 Å². The number of hydrogen-bond donors (Lipinski definition) is 1. The third-order valence-corrected chi connectivity index (χ3v) is 4.90. The molecule has 0 bridgehead atoms. The topological polar surface area (TPSA) is 21.3 Å². The maximum Gasteiger partial charge on any atom is 0.0600 e. The van der Waals surface area contributed by atoms with Crippen molar-refractivity contribution in [3.63, 3.8) is 0 Å². The molecule has 1 fully saturated rings. The second kappa shape index (κ2) is 6.28. The van der Waals surface area contributed by atoms with Crippen molar-refractivity contribution in [3.8, 4) is 0 Å². The third-order valence-electron chi connectivity index (χ3n) is 4.90. The van der Waals surface area contributed by atoms with Crippen LogP contribution in [0, 0.1) is 25.7 Å². The molecule has 5 atom stereocenters. The van der Waals surface area contributed by atoms with E-state index < -0.39 is 0 Å². The molecule has 112 valence electrons. The number of ether oxygens (including phenoxy) is 1. The van der Waals surface area contributed by atoms with Crippen molar-refractivity contribution in [2.24, 2.45) is 11.8 Å². The molecular formula is C18H29NO. The van der Waals surface area contributed by atoms with Crippen LogP contribution in [-0.4, -0.2) is 18.8 Å². The van der Waals surface area contributed by atoms with Gasteiger partial charge in [-0.25, -0.2) is 0 Å². The quantitative estimate of drug-likeness (QED) is 0.896. The largest absolute Gasteiger partial charge is 0.375 e. The summed E-state index contributed by atoms with van der Waals surface area (Å²) in [5.74, 6) is 1.11. The molecule has 2 rings (SSSR count). The van der Waals surface area contributed by atoms with E-state index in [1.54, 1.807) is 0 Å². The van der Waals surface area contributed by atoms with E-state index >= 15 is 0 Å². The Kier molecular flexibility index (Phi) is 4.87. The van der Waals surface area contributed by atoms with Crippen LogP contribution in [0.5, 0.6) is 0 Å². The fourth-order valence-electron chi connectivity index (χ4n) is 3.64. The molecule has 0 spiro atoms. The van der Waals surface area contributed by atoms with Gasteiger partial charge in [-0.3, -0.25) is 0 Å². The lowest BCUT2D eigenvalue weighted by molar-refractivity contribution is 0.0475. The molecule has 0 saturated carbocycles. The number of nitrogens with one attached hydrogen (secondary N) is 1. The Bertz CT molecular complexity index is 457. The van der Waals surface area contributed by atoms with Gasteiger partial charge >= 0.3 is 0 Å². The molecule has 1 heterocycles. The summed E-state index contributed by atoms with van der Waals surface area (Å²) in [6.45, 7) is 14.3. The van der Waals surface area contributed by atoms with Crippen molar-refractivity contribution in [2.45, 2.75) is 59.8 Å². The predicted octanol–water partition coefficient (Wildman–Crippen LogP) is 4.01. The molecule has 0 amide bonds. The molecule has 5 unspecified atom stereocenters. The second-order valence-electron chi connectivity index (χ2n) is 6.38. The van der Waals surface area contributed by atoms with Crippen molar-refractivity contribution < 1.29 is 4.74 Å². The van der Waals surface area contributed by atoms with Gasteiger partial charge in [-0.2, -0.15) is 0 Å². The van der Waals surface area contributed by atoms with Gasteiger partial charge in [0.05, 0.1) is 12.2 Å². The second-order valence-corrected chi connectivity index (χ2v) is 6.38. The van der Waals surface area contributed by atoms with E-state index in [4.69, 9.17) is 4.74 Å². The Hall–Kier alpha value is -0.860. The minimum atomic E-state index is 0.309. The minimum Gasteiger partial charge on any atom is -0.375 e. The van der Waals surface area contributed by atoms with Crippen molar-refractivity contribution in [3.05, 3.63) is 34.9 Å². The molecule has 1 aromatic rings. The zero-order valence-electron chi connectivity index (χ0n) is 13.7. The lowest BCUT2D eigenvalue weighted by atomic mass is 9.79. The smallest absolute Gasteiger partial charge is 0.0600 e. The number of rotatable bonds is 4. The Morgan fingerprint density at radius 3 is 2.40 bits per heavy atom. The van der Waals surface area contributed by atoms with E-state index in [0.717, 1.165) is 6.54 Å². The van der Waals surface area contributed by atoms with Gasteiger partial charge in [0, 0.05) is 12.0 Å². The van der Waals surface area contributed by atoms with Crippen LogP contribution in [-0.2, 0) is 4.74 Å². The summed E-state index contributed by atoms with van der Waals surface area (Å²) in [6.07, 6.45) is 0.658. The van der Waals surface area contributed by atoms with Crippen LogP contribution in [0.3, 0.4) is 0 Å². The van der Waals surface area contributed by atoms with E-state index in [1.165, 1.54) is 16.7 Å². The van der Waals surface area contributed by atoms with E-state index in [0.29, 0.717) is 30.1 Å². The Morgan fingerprint density at radius 2 is 1.85 bits per heavy atom. The van der Waals surface area contributed by atoms with Gasteiger partial charge in [-0.15, -0.1) is 0 Å². The van der Waals surface area contributed by atoms with Gasteiger partial charge in [0.25, 0.3) is 0 Å². The van der Waals surface area contributed by atoms with Gasteiger partial charge in [0.15, 0.2) is 0 Å². The van der Waals surface area contributed by atoms with Gasteiger partial charge < -0.3 is 10.1 Å². The van der Waals surface area contributed by atoms with Gasteiger partial charge in [0.1, 0.15) is 0 Å². The molecule has 1 N–H and O–H groups in total. The van der Waals surface area contributed by atoms with E-state index in [2.05, 4.69) is 65.1 Å². The van der Waals surface area contributed by atoms with E-state index in [1.807, 2.05) is 0 Å². The first-order valence-corrected chi connectivity index (χ1v) is 7.91. The number of benzene rings is 1. The average Bonchev–Trinajstić information content (AvgIpc) is 2.64. The molecule has 0 radical (unpaired) electrons. The summed E-state index contributed by atoms with van der Waals surface area (Å²) >= 11 is 0. The van der Waals surface area contributed by atoms with Crippen molar-refractivity contribution >= 4 is 0 Å². The minimum absolute atomic E-state index is 0.309. The maximum atomic E-state index is 6.06. The van der Waals surface area contributed by atoms with Crippen LogP contribution in [0.15, 0.2) is 18.2 Å². The molecule has 0 aliphatic carbocycles. The fourth-order valence-corrected chi connectivity index (χ4v) is 3.64. The summed E-state index contributed by atoms with van der Waals surface area (Å²) in [5.41, 5.74) is 4.15. The van der Waals surface area contributed by atoms with Crippen LogP contribution >= 0.6 is 0 Å². The lowest BCUT2D eigenvalue weighted by Crippen LogP contribution is -2.35. The fraction of sp³-hybridized carbons (Fsp3) is 0.667. The van der Waals surface area contributed by atoms with E-state index in [9.17, 15) is 0 Å². The Balaban J connectivity index is 2.38. The third kappa shape index (κ3) is 2.91. The van der Waals surface area contributed by atoms with Crippen LogP contribution in [0.25, 0.3) is 0 Å². The summed E-state index contributed by atoms with van der Waals surface area (Å²) in [4.78, 5) is 0. The highest BCUT2D eigenvalue weighted by Gasteiger charge is 2.42. The highest BCUT2D eigenvalue weighted by atomic mass is 16.5. The highest BCUT2D eigenvalue weighted by molar-refractivity contribution is 5.34. The zero-order chi connectivity index (χ0) is 14.9. The monoisotopic (exact) mass is 275 g/mol. The van der Waals surface area contributed by atoms with Crippen LogP contribution in [0.1, 0.15) is 50.4 Å². The lowest BCUT2D eigenvalue weighted by Gasteiger charge is -2.31. The summed E-state index contributed by atoms with van der Waals surface area (Å²) in [6, 6.07) is 7.16.